The fourth-order valence-corrected chi connectivity index (χ4v) is 3.63. The number of hydrogen-bond acceptors (Lipinski definition) is 6. The number of carbonyl (C=O) groups excluding carboxylic acids is 1. The Bertz CT molecular complexity index is 706. The molecule has 2 saturated heterocycles. The second-order valence-corrected chi connectivity index (χ2v) is 6.96. The summed E-state index contributed by atoms with van der Waals surface area (Å²) in [5.41, 5.74) is 1.65. The van der Waals surface area contributed by atoms with Crippen molar-refractivity contribution in [1.29, 1.82) is 0 Å². The van der Waals surface area contributed by atoms with Gasteiger partial charge in [-0.25, -0.2) is 0 Å². The second kappa shape index (κ2) is 7.01. The first-order valence-electron chi connectivity index (χ1n) is 8.98. The third kappa shape index (κ3) is 3.48. The van der Waals surface area contributed by atoms with Crippen LogP contribution in [0.1, 0.15) is 12.8 Å². The summed E-state index contributed by atoms with van der Waals surface area (Å²) in [5.74, 6) is 0.229. The van der Waals surface area contributed by atoms with Gasteiger partial charge in [0.2, 0.25) is 5.91 Å². The van der Waals surface area contributed by atoms with E-state index >= 15 is 0 Å². The average molecular weight is 344 g/mol. The Morgan fingerprint density at radius 1 is 1.32 bits per heavy atom. The van der Waals surface area contributed by atoms with Gasteiger partial charge >= 0.3 is 0 Å². The van der Waals surface area contributed by atoms with Gasteiger partial charge in [0, 0.05) is 44.6 Å². The fourth-order valence-electron chi connectivity index (χ4n) is 3.63. The summed E-state index contributed by atoms with van der Waals surface area (Å²) < 4.78 is 5.81. The van der Waals surface area contributed by atoms with E-state index in [0.29, 0.717) is 19.1 Å². The number of oxazole rings is 1. The Labute approximate surface area is 146 Å². The van der Waals surface area contributed by atoms with Gasteiger partial charge in [0.05, 0.1) is 6.10 Å². The molecule has 0 saturated carbocycles. The number of β-amino-alcohol motifs (C(OH)–C–C–N with tert-alkyl or cyclic N) is 1. The molecular weight excluding hydrogens is 320 g/mol. The van der Waals surface area contributed by atoms with Gasteiger partial charge in [-0.15, -0.1) is 0 Å². The molecule has 1 amide bonds. The van der Waals surface area contributed by atoms with E-state index in [1.807, 2.05) is 24.3 Å². The molecule has 7 nitrogen and oxygen atoms in total. The van der Waals surface area contributed by atoms with Crippen LogP contribution >= 0.6 is 0 Å². The van der Waals surface area contributed by atoms with Crippen molar-refractivity contribution in [3.8, 4) is 0 Å². The van der Waals surface area contributed by atoms with Crippen molar-refractivity contribution in [2.45, 2.75) is 18.9 Å². The molecule has 3 heterocycles. The molecule has 7 heteroatoms. The molecule has 0 bridgehead atoms. The van der Waals surface area contributed by atoms with Crippen molar-refractivity contribution < 1.29 is 14.3 Å². The number of fused-ring (bicyclic) bond motifs is 1. The maximum atomic E-state index is 12.4. The summed E-state index contributed by atoms with van der Waals surface area (Å²) in [5, 5.41) is 15.9. The molecule has 0 radical (unpaired) electrons. The van der Waals surface area contributed by atoms with Crippen LogP contribution in [0.2, 0.25) is 0 Å². The summed E-state index contributed by atoms with van der Waals surface area (Å²) in [6.45, 7) is 3.44. The van der Waals surface area contributed by atoms with E-state index in [4.69, 9.17) is 4.42 Å². The molecule has 3 N–H and O–H groups in total. The van der Waals surface area contributed by atoms with Crippen molar-refractivity contribution in [3.63, 3.8) is 0 Å². The number of amides is 1. The first-order valence-corrected chi connectivity index (χ1v) is 8.98. The zero-order valence-electron chi connectivity index (χ0n) is 14.1. The van der Waals surface area contributed by atoms with Crippen molar-refractivity contribution in [2.75, 3.05) is 37.6 Å². The Morgan fingerprint density at radius 2 is 2.12 bits per heavy atom. The summed E-state index contributed by atoms with van der Waals surface area (Å²) >= 11 is 0. The molecular formula is C18H24N4O3. The van der Waals surface area contributed by atoms with E-state index in [1.54, 1.807) is 0 Å². The van der Waals surface area contributed by atoms with E-state index in [1.165, 1.54) is 0 Å². The van der Waals surface area contributed by atoms with Gasteiger partial charge in [0.25, 0.3) is 6.01 Å². The first kappa shape index (κ1) is 16.4. The van der Waals surface area contributed by atoms with E-state index < -0.39 is 0 Å². The number of nitrogens with zero attached hydrogens (tertiary/aromatic N) is 2. The minimum Gasteiger partial charge on any atom is -0.423 e. The third-order valence-electron chi connectivity index (χ3n) is 5.26. The monoisotopic (exact) mass is 344 g/mol. The molecule has 134 valence electrons. The molecule has 2 aromatic rings. The summed E-state index contributed by atoms with van der Waals surface area (Å²) in [4.78, 5) is 19.0. The van der Waals surface area contributed by atoms with Gasteiger partial charge in [-0.1, -0.05) is 12.1 Å². The van der Waals surface area contributed by atoms with Crippen molar-refractivity contribution >= 4 is 23.0 Å². The number of hydrogen-bond donors (Lipinski definition) is 3. The molecule has 1 aromatic carbocycles. The third-order valence-corrected chi connectivity index (χ3v) is 5.26. The van der Waals surface area contributed by atoms with Gasteiger partial charge in [-0.3, -0.25) is 4.79 Å². The van der Waals surface area contributed by atoms with E-state index in [-0.39, 0.29) is 23.8 Å². The van der Waals surface area contributed by atoms with E-state index in [2.05, 4.69) is 20.5 Å². The Morgan fingerprint density at radius 3 is 2.84 bits per heavy atom. The number of carbonyl (C=O) groups is 1. The lowest BCUT2D eigenvalue weighted by Gasteiger charge is -2.30. The number of rotatable bonds is 4. The first-order chi connectivity index (χ1) is 12.2. The number of piperidine rings is 1. The molecule has 25 heavy (non-hydrogen) atoms. The highest BCUT2D eigenvalue weighted by Gasteiger charge is 2.29. The number of nitrogens with one attached hydrogen (secondary N) is 2. The molecule has 2 fully saturated rings. The van der Waals surface area contributed by atoms with Gasteiger partial charge in [0.1, 0.15) is 5.52 Å². The predicted molar refractivity (Wildman–Crippen MR) is 94.3 cm³/mol. The molecule has 2 unspecified atom stereocenters. The molecule has 4 rings (SSSR count). The smallest absolute Gasteiger partial charge is 0.298 e. The summed E-state index contributed by atoms with van der Waals surface area (Å²) in [7, 11) is 0. The maximum Gasteiger partial charge on any atom is 0.298 e. The Balaban J connectivity index is 1.29. The van der Waals surface area contributed by atoms with Crippen LogP contribution in [0.3, 0.4) is 0 Å². The van der Waals surface area contributed by atoms with E-state index in [9.17, 15) is 9.90 Å². The van der Waals surface area contributed by atoms with Crippen LogP contribution < -0.4 is 15.5 Å². The highest BCUT2D eigenvalue weighted by molar-refractivity contribution is 5.79. The Hall–Kier alpha value is -2.12. The fraction of sp³-hybridized carbons (Fsp3) is 0.556. The molecule has 2 atom stereocenters. The maximum absolute atomic E-state index is 12.4. The Kier molecular flexibility index (Phi) is 4.59. The normalized spacial score (nSPS) is 24.8. The van der Waals surface area contributed by atoms with Crippen LogP contribution in [0.4, 0.5) is 6.01 Å². The number of aliphatic hydroxyl groups is 1. The second-order valence-electron chi connectivity index (χ2n) is 6.96. The van der Waals surface area contributed by atoms with Crippen LogP contribution in [0.5, 0.6) is 0 Å². The molecule has 0 spiro atoms. The SMILES string of the molecule is O=C(NCC1CNCC1O)C1CCN(c2nc3ccccc3o2)CC1. The zero-order valence-corrected chi connectivity index (χ0v) is 14.1. The van der Waals surface area contributed by atoms with Crippen LogP contribution in [0, 0.1) is 11.8 Å². The van der Waals surface area contributed by atoms with Crippen LogP contribution in [0.25, 0.3) is 11.1 Å². The number of anilines is 1. The lowest BCUT2D eigenvalue weighted by molar-refractivity contribution is -0.125. The topological polar surface area (TPSA) is 90.6 Å². The summed E-state index contributed by atoms with van der Waals surface area (Å²) in [6.07, 6.45) is 1.22. The van der Waals surface area contributed by atoms with Crippen LogP contribution in [-0.4, -0.2) is 54.8 Å². The van der Waals surface area contributed by atoms with Gasteiger partial charge in [0.15, 0.2) is 5.58 Å². The number of para-hydroxylation sites is 2. The lowest BCUT2D eigenvalue weighted by Crippen LogP contribution is -2.43. The van der Waals surface area contributed by atoms with Crippen molar-refractivity contribution in [3.05, 3.63) is 24.3 Å². The zero-order chi connectivity index (χ0) is 17.2. The number of benzene rings is 1. The predicted octanol–water partition coefficient (Wildman–Crippen LogP) is 0.741. The minimum atomic E-state index is -0.360. The quantitative estimate of drug-likeness (QED) is 0.758. The van der Waals surface area contributed by atoms with Gasteiger partial charge in [-0.05, 0) is 25.0 Å². The van der Waals surface area contributed by atoms with E-state index in [0.717, 1.165) is 43.6 Å². The standard InChI is InChI=1S/C18H24N4O3/c23-15-11-19-9-13(15)10-20-17(24)12-5-7-22(8-6-12)18-21-14-3-1-2-4-16(14)25-18/h1-4,12-13,15,19,23H,5-11H2,(H,20,24). The highest BCUT2D eigenvalue weighted by Crippen LogP contribution is 2.26. The summed E-state index contributed by atoms with van der Waals surface area (Å²) in [6, 6.07) is 8.38. The average Bonchev–Trinajstić information content (AvgIpc) is 3.25. The van der Waals surface area contributed by atoms with Gasteiger partial charge in [-0.2, -0.15) is 4.98 Å². The van der Waals surface area contributed by atoms with Crippen molar-refractivity contribution in [2.24, 2.45) is 11.8 Å². The highest BCUT2D eigenvalue weighted by atomic mass is 16.4. The molecule has 1 aromatic heterocycles. The largest absolute Gasteiger partial charge is 0.423 e. The van der Waals surface area contributed by atoms with Crippen LogP contribution in [-0.2, 0) is 4.79 Å². The molecule has 2 aliphatic rings. The molecule has 2 aliphatic heterocycles. The molecule has 0 aliphatic carbocycles. The lowest BCUT2D eigenvalue weighted by atomic mass is 9.95. The van der Waals surface area contributed by atoms with Gasteiger partial charge < -0.3 is 25.1 Å². The van der Waals surface area contributed by atoms with Crippen molar-refractivity contribution in [1.82, 2.24) is 15.6 Å². The minimum absolute atomic E-state index is 0.0205. The van der Waals surface area contributed by atoms with Crippen LogP contribution in [0.15, 0.2) is 28.7 Å². The number of aromatic nitrogens is 1. The number of aliphatic hydroxyl groups excluding tert-OH is 1.